The van der Waals surface area contributed by atoms with Gasteiger partial charge in [0, 0.05) is 0 Å². The van der Waals surface area contributed by atoms with E-state index in [9.17, 15) is 18.3 Å². The van der Waals surface area contributed by atoms with Crippen LogP contribution in [0.1, 0.15) is 32.6 Å². The first-order valence-corrected chi connectivity index (χ1v) is 9.40. The van der Waals surface area contributed by atoms with Crippen LogP contribution in [0.3, 0.4) is 0 Å². The predicted molar refractivity (Wildman–Crippen MR) is 80.3 cm³/mol. The number of halogens is 1. The Bertz CT molecular complexity index is 613. The lowest BCUT2D eigenvalue weighted by atomic mass is 9.74. The molecule has 2 atom stereocenters. The molecule has 0 amide bonds. The number of rotatable bonds is 4. The number of aliphatic carboxylic acids is 1. The molecule has 1 aliphatic rings. The molecule has 2 N–H and O–H groups in total. The predicted octanol–water partition coefficient (Wildman–Crippen LogP) is 2.82. The maximum absolute atomic E-state index is 12.4. The van der Waals surface area contributed by atoms with Crippen molar-refractivity contribution in [2.45, 2.75) is 42.4 Å². The molecule has 1 aromatic heterocycles. The van der Waals surface area contributed by atoms with Crippen molar-refractivity contribution in [3.8, 4) is 0 Å². The third-order valence-electron chi connectivity index (χ3n) is 3.81. The van der Waals surface area contributed by atoms with E-state index < -0.39 is 21.5 Å². The van der Waals surface area contributed by atoms with E-state index in [0.717, 1.165) is 17.8 Å². The van der Waals surface area contributed by atoms with Gasteiger partial charge in [-0.15, -0.1) is 11.3 Å². The van der Waals surface area contributed by atoms with Crippen molar-refractivity contribution in [3.63, 3.8) is 0 Å². The van der Waals surface area contributed by atoms with Gasteiger partial charge < -0.3 is 5.11 Å². The standard InChI is InChI=1S/C12H16BrNO4S2/c1-8-4-2-3-7-12(8,11(15)16)14-20(17,18)10-6-5-9(13)19-10/h5-6,8,14H,2-4,7H2,1H3,(H,15,16). The van der Waals surface area contributed by atoms with E-state index in [1.165, 1.54) is 6.07 Å². The zero-order valence-electron chi connectivity index (χ0n) is 10.9. The minimum Gasteiger partial charge on any atom is -0.480 e. The first-order valence-electron chi connectivity index (χ1n) is 6.31. The van der Waals surface area contributed by atoms with Crippen LogP contribution in [0.5, 0.6) is 0 Å². The van der Waals surface area contributed by atoms with Gasteiger partial charge in [-0.1, -0.05) is 19.8 Å². The van der Waals surface area contributed by atoms with Gasteiger partial charge in [0.1, 0.15) is 9.75 Å². The van der Waals surface area contributed by atoms with Crippen molar-refractivity contribution in [1.29, 1.82) is 0 Å². The molecule has 0 spiro atoms. The highest BCUT2D eigenvalue weighted by atomic mass is 79.9. The Kier molecular flexibility index (Phi) is 4.58. The van der Waals surface area contributed by atoms with Crippen LogP contribution in [0, 0.1) is 5.92 Å². The Morgan fingerprint density at radius 3 is 2.70 bits per heavy atom. The summed E-state index contributed by atoms with van der Waals surface area (Å²) in [4.78, 5) is 11.7. The first kappa shape index (κ1) is 15.9. The number of thiophene rings is 1. The number of carboxylic acids is 1. The Labute approximate surface area is 130 Å². The van der Waals surface area contributed by atoms with Gasteiger partial charge in [-0.25, -0.2) is 8.42 Å². The minimum atomic E-state index is -3.82. The average molecular weight is 382 g/mol. The van der Waals surface area contributed by atoms with Crippen LogP contribution in [0.4, 0.5) is 0 Å². The Morgan fingerprint density at radius 2 is 2.20 bits per heavy atom. The van der Waals surface area contributed by atoms with Gasteiger partial charge in [-0.05, 0) is 46.8 Å². The first-order chi connectivity index (χ1) is 9.28. The van der Waals surface area contributed by atoms with Crippen molar-refractivity contribution < 1.29 is 18.3 Å². The zero-order chi connectivity index (χ0) is 15.0. The highest BCUT2D eigenvalue weighted by Gasteiger charge is 2.48. The van der Waals surface area contributed by atoms with Crippen molar-refractivity contribution >= 4 is 43.3 Å². The van der Waals surface area contributed by atoms with Gasteiger partial charge in [0.25, 0.3) is 10.0 Å². The van der Waals surface area contributed by atoms with Gasteiger partial charge in [-0.2, -0.15) is 4.72 Å². The van der Waals surface area contributed by atoms with Gasteiger partial charge in [0.05, 0.1) is 3.79 Å². The van der Waals surface area contributed by atoms with E-state index in [1.54, 1.807) is 13.0 Å². The Hall–Kier alpha value is -0.440. The SMILES string of the molecule is CC1CCCCC1(NS(=O)(=O)c1ccc(Br)s1)C(=O)O. The number of sulfonamides is 1. The van der Waals surface area contributed by atoms with Crippen LogP contribution in [0.2, 0.25) is 0 Å². The maximum Gasteiger partial charge on any atom is 0.325 e. The molecule has 2 rings (SSSR count). The molecule has 112 valence electrons. The van der Waals surface area contributed by atoms with E-state index in [-0.39, 0.29) is 10.1 Å². The molecular formula is C12H16BrNO4S2. The molecule has 0 radical (unpaired) electrons. The zero-order valence-corrected chi connectivity index (χ0v) is 14.1. The van der Waals surface area contributed by atoms with E-state index >= 15 is 0 Å². The van der Waals surface area contributed by atoms with Crippen molar-refractivity contribution in [2.75, 3.05) is 0 Å². The Balaban J connectivity index is 2.35. The molecule has 1 saturated carbocycles. The summed E-state index contributed by atoms with van der Waals surface area (Å²) in [5.74, 6) is -1.32. The number of hydrogen-bond donors (Lipinski definition) is 2. The molecule has 5 nitrogen and oxygen atoms in total. The summed E-state index contributed by atoms with van der Waals surface area (Å²) < 4.78 is 28.0. The number of carboxylic acid groups (broad SMARTS) is 1. The number of nitrogens with one attached hydrogen (secondary N) is 1. The van der Waals surface area contributed by atoms with Gasteiger partial charge in [0.2, 0.25) is 0 Å². The second-order valence-electron chi connectivity index (χ2n) is 5.09. The third-order valence-corrected chi connectivity index (χ3v) is 7.44. The van der Waals surface area contributed by atoms with E-state index in [2.05, 4.69) is 20.7 Å². The highest BCUT2D eigenvalue weighted by molar-refractivity contribution is 9.11. The molecule has 2 unspecified atom stereocenters. The summed E-state index contributed by atoms with van der Waals surface area (Å²) in [6, 6.07) is 3.11. The molecule has 1 aliphatic carbocycles. The summed E-state index contributed by atoms with van der Waals surface area (Å²) in [6.07, 6.45) is 2.69. The lowest BCUT2D eigenvalue weighted by Gasteiger charge is -2.39. The summed E-state index contributed by atoms with van der Waals surface area (Å²) in [5, 5.41) is 9.54. The lowest BCUT2D eigenvalue weighted by molar-refractivity contribution is -0.147. The molecular weight excluding hydrogens is 366 g/mol. The van der Waals surface area contributed by atoms with Crippen LogP contribution < -0.4 is 4.72 Å². The maximum atomic E-state index is 12.4. The molecule has 1 fully saturated rings. The summed E-state index contributed by atoms with van der Waals surface area (Å²) in [6.45, 7) is 1.79. The average Bonchev–Trinajstić information content (AvgIpc) is 2.79. The molecule has 0 saturated heterocycles. The molecule has 0 bridgehead atoms. The van der Waals surface area contributed by atoms with E-state index in [0.29, 0.717) is 23.0 Å². The fourth-order valence-electron chi connectivity index (χ4n) is 2.59. The third kappa shape index (κ3) is 2.93. The van der Waals surface area contributed by atoms with Crippen LogP contribution in [0.25, 0.3) is 0 Å². The van der Waals surface area contributed by atoms with Crippen LogP contribution in [-0.4, -0.2) is 25.0 Å². The summed E-state index contributed by atoms with van der Waals surface area (Å²) >= 11 is 4.28. The fourth-order valence-corrected chi connectivity index (χ4v) is 6.08. The van der Waals surface area contributed by atoms with Crippen molar-refractivity contribution in [3.05, 3.63) is 15.9 Å². The van der Waals surface area contributed by atoms with Crippen LogP contribution in [0.15, 0.2) is 20.1 Å². The topological polar surface area (TPSA) is 83.5 Å². The molecule has 0 aromatic carbocycles. The monoisotopic (exact) mass is 381 g/mol. The molecule has 8 heteroatoms. The second-order valence-corrected chi connectivity index (χ2v) is 9.46. The normalized spacial score (nSPS) is 27.4. The molecule has 1 aromatic rings. The minimum absolute atomic E-state index is 0.128. The van der Waals surface area contributed by atoms with Crippen LogP contribution >= 0.6 is 27.3 Å². The smallest absolute Gasteiger partial charge is 0.325 e. The van der Waals surface area contributed by atoms with Gasteiger partial charge in [-0.3, -0.25) is 4.79 Å². The number of carbonyl (C=O) groups is 1. The van der Waals surface area contributed by atoms with E-state index in [4.69, 9.17) is 0 Å². The largest absolute Gasteiger partial charge is 0.480 e. The van der Waals surface area contributed by atoms with Gasteiger partial charge in [0.15, 0.2) is 0 Å². The van der Waals surface area contributed by atoms with Crippen molar-refractivity contribution in [2.24, 2.45) is 5.92 Å². The second kappa shape index (κ2) is 5.75. The highest BCUT2D eigenvalue weighted by Crippen LogP contribution is 2.36. The van der Waals surface area contributed by atoms with Crippen molar-refractivity contribution in [1.82, 2.24) is 4.72 Å². The summed E-state index contributed by atoms with van der Waals surface area (Å²) in [5.41, 5.74) is -1.40. The van der Waals surface area contributed by atoms with Gasteiger partial charge >= 0.3 is 5.97 Å². The quantitative estimate of drug-likeness (QED) is 0.839. The summed E-state index contributed by atoms with van der Waals surface area (Å²) in [7, 11) is -3.82. The number of hydrogen-bond acceptors (Lipinski definition) is 4. The molecule has 1 heterocycles. The molecule has 20 heavy (non-hydrogen) atoms. The Morgan fingerprint density at radius 1 is 1.50 bits per heavy atom. The fraction of sp³-hybridized carbons (Fsp3) is 0.583. The lowest BCUT2D eigenvalue weighted by Crippen LogP contribution is -2.59. The van der Waals surface area contributed by atoms with Crippen LogP contribution in [-0.2, 0) is 14.8 Å². The van der Waals surface area contributed by atoms with E-state index in [1.807, 2.05) is 0 Å². The molecule has 0 aliphatic heterocycles.